The standard InChI is InChI=1S/C17H33N7O2.HI/c1-16(2,3)26-15(25)23-17(4,5)11-20-14(18-6)19-9-7-8-10-24-12-21-22-13-24;/h12-13H,7-11H2,1-6H3,(H,23,25)(H2,18,19,20);1H. The van der Waals surface area contributed by atoms with Crippen LogP contribution in [-0.2, 0) is 11.3 Å². The maximum atomic E-state index is 11.9. The first-order valence-corrected chi connectivity index (χ1v) is 8.89. The minimum absolute atomic E-state index is 0. The highest BCUT2D eigenvalue weighted by molar-refractivity contribution is 14.0. The van der Waals surface area contributed by atoms with E-state index >= 15 is 0 Å². The molecule has 0 saturated heterocycles. The fourth-order valence-electron chi connectivity index (χ4n) is 2.11. The number of hydrogen-bond acceptors (Lipinski definition) is 5. The van der Waals surface area contributed by atoms with Crippen LogP contribution in [0.2, 0.25) is 0 Å². The van der Waals surface area contributed by atoms with E-state index in [0.29, 0.717) is 12.5 Å². The second-order valence-electron chi connectivity index (χ2n) is 7.77. The Morgan fingerprint density at radius 1 is 1.11 bits per heavy atom. The number of unbranched alkanes of at least 4 members (excludes halogenated alkanes) is 1. The van der Waals surface area contributed by atoms with Gasteiger partial charge in [0.25, 0.3) is 0 Å². The second kappa shape index (κ2) is 12.0. The predicted octanol–water partition coefficient (Wildman–Crippen LogP) is 2.14. The molecule has 27 heavy (non-hydrogen) atoms. The van der Waals surface area contributed by atoms with Gasteiger partial charge in [-0.15, -0.1) is 34.2 Å². The van der Waals surface area contributed by atoms with Crippen LogP contribution in [0.4, 0.5) is 4.79 Å². The SMILES string of the molecule is CN=C(NCCCCn1cnnc1)NCC(C)(C)NC(=O)OC(C)(C)C.I. The van der Waals surface area contributed by atoms with Crippen LogP contribution in [0.1, 0.15) is 47.5 Å². The summed E-state index contributed by atoms with van der Waals surface area (Å²) in [5, 5.41) is 16.9. The minimum atomic E-state index is -0.516. The number of carbonyl (C=O) groups excluding carboxylic acids is 1. The van der Waals surface area contributed by atoms with Crippen LogP contribution in [-0.4, -0.2) is 58.1 Å². The van der Waals surface area contributed by atoms with Crippen LogP contribution in [0, 0.1) is 0 Å². The van der Waals surface area contributed by atoms with Gasteiger partial charge in [0.2, 0.25) is 0 Å². The van der Waals surface area contributed by atoms with Crippen molar-refractivity contribution in [1.82, 2.24) is 30.7 Å². The summed E-state index contributed by atoms with van der Waals surface area (Å²) in [4.78, 5) is 16.1. The van der Waals surface area contributed by atoms with Crippen molar-refractivity contribution in [2.45, 2.75) is 65.1 Å². The molecule has 0 atom stereocenters. The van der Waals surface area contributed by atoms with Crippen LogP contribution in [0.5, 0.6) is 0 Å². The maximum absolute atomic E-state index is 11.9. The van der Waals surface area contributed by atoms with Crippen molar-refractivity contribution in [3.8, 4) is 0 Å². The fraction of sp³-hybridized carbons (Fsp3) is 0.765. The van der Waals surface area contributed by atoms with E-state index in [0.717, 1.165) is 25.9 Å². The van der Waals surface area contributed by atoms with Gasteiger partial charge in [-0.3, -0.25) is 4.99 Å². The number of ether oxygens (including phenoxy) is 1. The predicted molar refractivity (Wildman–Crippen MR) is 117 cm³/mol. The number of aromatic nitrogens is 3. The van der Waals surface area contributed by atoms with E-state index in [2.05, 4.69) is 31.1 Å². The lowest BCUT2D eigenvalue weighted by atomic mass is 10.1. The number of guanidine groups is 1. The van der Waals surface area contributed by atoms with Crippen LogP contribution in [0.25, 0.3) is 0 Å². The van der Waals surface area contributed by atoms with Gasteiger partial charge in [-0.05, 0) is 47.5 Å². The maximum Gasteiger partial charge on any atom is 0.408 e. The summed E-state index contributed by atoms with van der Waals surface area (Å²) in [7, 11) is 1.72. The van der Waals surface area contributed by atoms with Gasteiger partial charge in [0.15, 0.2) is 5.96 Å². The topological polar surface area (TPSA) is 105 Å². The van der Waals surface area contributed by atoms with Gasteiger partial charge in [-0.2, -0.15) is 0 Å². The number of nitrogens with one attached hydrogen (secondary N) is 3. The molecule has 0 spiro atoms. The van der Waals surface area contributed by atoms with Crippen LogP contribution in [0.3, 0.4) is 0 Å². The van der Waals surface area contributed by atoms with Crippen LogP contribution >= 0.6 is 24.0 Å². The van der Waals surface area contributed by atoms with Gasteiger partial charge in [0.1, 0.15) is 18.3 Å². The van der Waals surface area contributed by atoms with Crippen molar-refractivity contribution in [3.63, 3.8) is 0 Å². The van der Waals surface area contributed by atoms with Crippen molar-refractivity contribution in [1.29, 1.82) is 0 Å². The first-order chi connectivity index (χ1) is 12.1. The zero-order valence-corrected chi connectivity index (χ0v) is 19.5. The highest BCUT2D eigenvalue weighted by Gasteiger charge is 2.24. The van der Waals surface area contributed by atoms with Crippen LogP contribution in [0.15, 0.2) is 17.6 Å². The lowest BCUT2D eigenvalue weighted by molar-refractivity contribution is 0.0474. The van der Waals surface area contributed by atoms with E-state index in [1.54, 1.807) is 19.7 Å². The van der Waals surface area contributed by atoms with Crippen molar-refractivity contribution >= 4 is 36.0 Å². The van der Waals surface area contributed by atoms with E-state index in [9.17, 15) is 4.79 Å². The molecule has 0 saturated carbocycles. The number of nitrogens with zero attached hydrogens (tertiary/aromatic N) is 4. The molecule has 0 bridgehead atoms. The highest BCUT2D eigenvalue weighted by atomic mass is 127. The third-order valence-corrected chi connectivity index (χ3v) is 3.36. The summed E-state index contributed by atoms with van der Waals surface area (Å²) < 4.78 is 7.25. The van der Waals surface area contributed by atoms with Crippen LogP contribution < -0.4 is 16.0 Å². The van der Waals surface area contributed by atoms with E-state index < -0.39 is 17.2 Å². The summed E-state index contributed by atoms with van der Waals surface area (Å²) in [6.45, 7) is 11.6. The summed E-state index contributed by atoms with van der Waals surface area (Å²) in [6.07, 6.45) is 5.02. The van der Waals surface area contributed by atoms with Crippen molar-refractivity contribution in [2.24, 2.45) is 4.99 Å². The number of halogens is 1. The van der Waals surface area contributed by atoms with Gasteiger partial charge in [0, 0.05) is 26.7 Å². The molecule has 0 aliphatic carbocycles. The Morgan fingerprint density at radius 3 is 2.30 bits per heavy atom. The quantitative estimate of drug-likeness (QED) is 0.221. The third kappa shape index (κ3) is 12.4. The van der Waals surface area contributed by atoms with Gasteiger partial charge in [0.05, 0.1) is 5.54 Å². The lowest BCUT2D eigenvalue weighted by Gasteiger charge is -2.29. The normalized spacial score (nSPS) is 12.1. The molecule has 1 heterocycles. The summed E-state index contributed by atoms with van der Waals surface area (Å²) >= 11 is 0. The minimum Gasteiger partial charge on any atom is -0.444 e. The average molecular weight is 495 g/mol. The molecular weight excluding hydrogens is 461 g/mol. The number of alkyl carbamates (subject to hydrolysis) is 1. The van der Waals surface area contributed by atoms with E-state index in [-0.39, 0.29) is 24.0 Å². The second-order valence-corrected chi connectivity index (χ2v) is 7.77. The Kier molecular flexibility index (Phi) is 11.3. The van der Waals surface area contributed by atoms with Crippen molar-refractivity contribution < 1.29 is 9.53 Å². The van der Waals surface area contributed by atoms with Gasteiger partial charge in [-0.1, -0.05) is 0 Å². The Labute approximate surface area is 179 Å². The molecule has 10 heteroatoms. The molecule has 0 aliphatic heterocycles. The Bertz CT molecular complexity index is 568. The number of hydrogen-bond donors (Lipinski definition) is 3. The van der Waals surface area contributed by atoms with Crippen molar-refractivity contribution in [2.75, 3.05) is 20.1 Å². The zero-order chi connectivity index (χ0) is 19.6. The smallest absolute Gasteiger partial charge is 0.408 e. The van der Waals surface area contributed by atoms with Gasteiger partial charge < -0.3 is 25.3 Å². The summed E-state index contributed by atoms with van der Waals surface area (Å²) in [5.74, 6) is 0.702. The molecule has 9 nitrogen and oxygen atoms in total. The monoisotopic (exact) mass is 495 g/mol. The summed E-state index contributed by atoms with van der Waals surface area (Å²) in [6, 6.07) is 0. The number of aryl methyl sites for hydroxylation is 1. The molecule has 0 radical (unpaired) electrons. The fourth-order valence-corrected chi connectivity index (χ4v) is 2.11. The van der Waals surface area contributed by atoms with E-state index in [1.807, 2.05) is 39.2 Å². The number of aliphatic imine (C=N–C) groups is 1. The molecule has 1 aromatic heterocycles. The van der Waals surface area contributed by atoms with Crippen molar-refractivity contribution in [3.05, 3.63) is 12.7 Å². The Balaban J connectivity index is 0.00000676. The molecular formula is C17H34IN7O2. The Morgan fingerprint density at radius 2 is 1.74 bits per heavy atom. The molecule has 1 aromatic rings. The van der Waals surface area contributed by atoms with Gasteiger partial charge in [-0.25, -0.2) is 4.79 Å². The third-order valence-electron chi connectivity index (χ3n) is 3.36. The molecule has 0 unspecified atom stereocenters. The zero-order valence-electron chi connectivity index (χ0n) is 17.2. The number of amides is 1. The number of rotatable bonds is 8. The highest BCUT2D eigenvalue weighted by Crippen LogP contribution is 2.09. The number of carbonyl (C=O) groups is 1. The van der Waals surface area contributed by atoms with E-state index in [4.69, 9.17) is 4.74 Å². The molecule has 1 amide bonds. The molecule has 3 N–H and O–H groups in total. The summed E-state index contributed by atoms with van der Waals surface area (Å²) in [5.41, 5.74) is -0.994. The molecule has 0 aliphatic rings. The lowest BCUT2D eigenvalue weighted by Crippen LogP contribution is -2.54. The molecule has 0 aromatic carbocycles. The molecule has 156 valence electrons. The molecule has 0 fully saturated rings. The largest absolute Gasteiger partial charge is 0.444 e. The Hall–Kier alpha value is -1.59. The molecule has 1 rings (SSSR count). The average Bonchev–Trinajstić information content (AvgIpc) is 3.00. The first kappa shape index (κ1) is 25.4. The first-order valence-electron chi connectivity index (χ1n) is 8.89. The van der Waals surface area contributed by atoms with Gasteiger partial charge >= 0.3 is 6.09 Å². The van der Waals surface area contributed by atoms with E-state index in [1.165, 1.54) is 0 Å².